The van der Waals surface area contributed by atoms with E-state index in [9.17, 15) is 4.39 Å². The van der Waals surface area contributed by atoms with Crippen LogP contribution >= 0.6 is 0 Å². The summed E-state index contributed by atoms with van der Waals surface area (Å²) in [6.07, 6.45) is 3.58. The lowest BCUT2D eigenvalue weighted by molar-refractivity contribution is 0.126. The van der Waals surface area contributed by atoms with Gasteiger partial charge in [-0.25, -0.2) is 4.39 Å². The van der Waals surface area contributed by atoms with Crippen LogP contribution in [0.25, 0.3) is 0 Å². The third kappa shape index (κ3) is 1.04. The largest absolute Gasteiger partial charge is 0.263 e. The van der Waals surface area contributed by atoms with E-state index in [1.807, 2.05) is 10.7 Å². The molecule has 0 aliphatic carbocycles. The van der Waals surface area contributed by atoms with E-state index in [0.29, 0.717) is 0 Å². The molecule has 0 aromatic carbocycles. The molecular weight excluding hydrogens is 155 g/mol. The highest BCUT2D eigenvalue weighted by molar-refractivity contribution is 5.09. The summed E-state index contributed by atoms with van der Waals surface area (Å²) < 4.78 is 15.4. The minimum absolute atomic E-state index is 0.0671. The zero-order chi connectivity index (χ0) is 8.77. The Kier molecular flexibility index (Phi) is 1.50. The summed E-state index contributed by atoms with van der Waals surface area (Å²) in [6.45, 7) is 3.24. The van der Waals surface area contributed by atoms with Gasteiger partial charge >= 0.3 is 0 Å². The molecule has 0 bridgehead atoms. The zero-order valence-electron chi connectivity index (χ0n) is 7.42. The van der Waals surface area contributed by atoms with E-state index in [4.69, 9.17) is 0 Å². The first-order chi connectivity index (χ1) is 5.59. The zero-order valence-corrected chi connectivity index (χ0v) is 7.42. The molecule has 2 heterocycles. The average molecular weight is 168 g/mol. The van der Waals surface area contributed by atoms with Gasteiger partial charge < -0.3 is 0 Å². The van der Waals surface area contributed by atoms with Gasteiger partial charge in [-0.3, -0.25) is 4.68 Å². The molecule has 1 atom stereocenters. The molecule has 2 nitrogen and oxygen atoms in total. The normalized spacial score (nSPS) is 22.8. The summed E-state index contributed by atoms with van der Waals surface area (Å²) in [4.78, 5) is 0. The van der Waals surface area contributed by atoms with E-state index < -0.39 is 5.67 Å². The molecule has 1 unspecified atom stereocenters. The lowest BCUT2D eigenvalue weighted by Crippen LogP contribution is -2.27. The number of aryl methyl sites for hydroxylation is 1. The van der Waals surface area contributed by atoms with Crippen LogP contribution in [0.2, 0.25) is 0 Å². The Morgan fingerprint density at radius 3 is 3.08 bits per heavy atom. The number of fused-ring (bicyclic) bond motifs is 1. The number of alkyl halides is 1. The molecule has 0 fully saturated rings. The summed E-state index contributed by atoms with van der Waals surface area (Å²) in [5, 5.41) is 4.12. The van der Waals surface area contributed by atoms with Crippen LogP contribution in [0.15, 0.2) is 12.3 Å². The monoisotopic (exact) mass is 168 g/mol. The van der Waals surface area contributed by atoms with Crippen LogP contribution in [0.4, 0.5) is 4.39 Å². The second-order valence-electron chi connectivity index (χ2n) is 3.89. The van der Waals surface area contributed by atoms with Crippen molar-refractivity contribution in [3.05, 3.63) is 18.0 Å². The highest BCUT2D eigenvalue weighted by Crippen LogP contribution is 2.35. The smallest absolute Gasteiger partial charge is 0.127 e. The fourth-order valence-corrected chi connectivity index (χ4v) is 1.86. The Hall–Kier alpha value is -0.860. The van der Waals surface area contributed by atoms with Crippen LogP contribution < -0.4 is 0 Å². The van der Waals surface area contributed by atoms with Gasteiger partial charge in [0.2, 0.25) is 0 Å². The summed E-state index contributed by atoms with van der Waals surface area (Å²) in [6, 6.07) is 1.90. The van der Waals surface area contributed by atoms with Gasteiger partial charge in [0.25, 0.3) is 0 Å². The third-order valence-corrected chi connectivity index (χ3v) is 2.51. The Balaban J connectivity index is 2.34. The van der Waals surface area contributed by atoms with Crippen LogP contribution in [-0.4, -0.2) is 15.4 Å². The molecule has 2 rings (SSSR count). The molecule has 0 amide bonds. The van der Waals surface area contributed by atoms with Crippen LogP contribution in [0.1, 0.15) is 32.0 Å². The molecule has 1 aliphatic heterocycles. The quantitative estimate of drug-likeness (QED) is 0.628. The average Bonchev–Trinajstić information content (AvgIpc) is 2.37. The van der Waals surface area contributed by atoms with Crippen molar-refractivity contribution >= 4 is 0 Å². The Bertz CT molecular complexity index is 285. The predicted molar refractivity (Wildman–Crippen MR) is 44.8 cm³/mol. The summed E-state index contributed by atoms with van der Waals surface area (Å²) in [5.41, 5.74) is 0.00259. The maximum atomic E-state index is 13.6. The Labute approximate surface area is 71.4 Å². The molecule has 0 N–H and O–H groups in total. The Morgan fingerprint density at radius 1 is 1.67 bits per heavy atom. The maximum absolute atomic E-state index is 13.6. The van der Waals surface area contributed by atoms with E-state index in [2.05, 4.69) is 5.10 Å². The van der Waals surface area contributed by atoms with Crippen molar-refractivity contribution in [2.75, 3.05) is 0 Å². The van der Waals surface area contributed by atoms with Crippen LogP contribution in [0.5, 0.6) is 0 Å². The predicted octanol–water partition coefficient (Wildman–Crippen LogP) is 2.12. The molecule has 1 aromatic heterocycles. The Morgan fingerprint density at radius 2 is 2.42 bits per heavy atom. The minimum atomic E-state index is -1.16. The SMILES string of the molecule is CC(C)(F)C1CCc2ccnn21. The summed E-state index contributed by atoms with van der Waals surface area (Å²) in [7, 11) is 0. The first kappa shape index (κ1) is 7.77. The first-order valence-corrected chi connectivity index (χ1v) is 4.30. The van der Waals surface area contributed by atoms with Crippen molar-refractivity contribution in [2.45, 2.75) is 38.4 Å². The van der Waals surface area contributed by atoms with Crippen molar-refractivity contribution in [3.63, 3.8) is 0 Å². The second-order valence-corrected chi connectivity index (χ2v) is 3.89. The van der Waals surface area contributed by atoms with Gasteiger partial charge in [-0.1, -0.05) is 0 Å². The van der Waals surface area contributed by atoms with E-state index in [1.165, 1.54) is 0 Å². The number of hydrogen-bond acceptors (Lipinski definition) is 1. The van der Waals surface area contributed by atoms with Gasteiger partial charge in [0.1, 0.15) is 5.67 Å². The molecule has 1 aromatic rings. The molecule has 0 saturated carbocycles. The fraction of sp³-hybridized carbons (Fsp3) is 0.667. The van der Waals surface area contributed by atoms with Gasteiger partial charge in [-0.15, -0.1) is 0 Å². The molecule has 3 heteroatoms. The molecule has 0 radical (unpaired) electrons. The molecule has 1 aliphatic rings. The van der Waals surface area contributed by atoms with Crippen molar-refractivity contribution in [2.24, 2.45) is 0 Å². The van der Waals surface area contributed by atoms with E-state index in [1.54, 1.807) is 20.0 Å². The molecule has 66 valence electrons. The molecule has 0 saturated heterocycles. The number of halogens is 1. The highest BCUT2D eigenvalue weighted by atomic mass is 19.1. The van der Waals surface area contributed by atoms with Crippen LogP contribution in [0, 0.1) is 0 Å². The number of aromatic nitrogens is 2. The van der Waals surface area contributed by atoms with E-state index in [-0.39, 0.29) is 6.04 Å². The number of nitrogens with zero attached hydrogens (tertiary/aromatic N) is 2. The van der Waals surface area contributed by atoms with Gasteiger partial charge in [0.05, 0.1) is 6.04 Å². The topological polar surface area (TPSA) is 17.8 Å². The minimum Gasteiger partial charge on any atom is -0.263 e. The van der Waals surface area contributed by atoms with Crippen molar-refractivity contribution in [3.8, 4) is 0 Å². The van der Waals surface area contributed by atoms with Crippen molar-refractivity contribution < 1.29 is 4.39 Å². The van der Waals surface area contributed by atoms with Crippen molar-refractivity contribution in [1.29, 1.82) is 0 Å². The summed E-state index contributed by atoms with van der Waals surface area (Å²) in [5.74, 6) is 0. The first-order valence-electron chi connectivity index (χ1n) is 4.30. The standard InChI is InChI=1S/C9H13FN2/c1-9(2,10)8-4-3-7-5-6-11-12(7)8/h5-6,8H,3-4H2,1-2H3. The van der Waals surface area contributed by atoms with Gasteiger partial charge in [0.15, 0.2) is 0 Å². The van der Waals surface area contributed by atoms with E-state index in [0.717, 1.165) is 18.5 Å². The lowest BCUT2D eigenvalue weighted by atomic mass is 9.99. The second kappa shape index (κ2) is 2.31. The highest BCUT2D eigenvalue weighted by Gasteiger charge is 2.35. The van der Waals surface area contributed by atoms with Gasteiger partial charge in [-0.05, 0) is 32.8 Å². The van der Waals surface area contributed by atoms with Gasteiger partial charge in [-0.2, -0.15) is 5.10 Å². The van der Waals surface area contributed by atoms with Crippen molar-refractivity contribution in [1.82, 2.24) is 9.78 Å². The van der Waals surface area contributed by atoms with Crippen LogP contribution in [0.3, 0.4) is 0 Å². The molecule has 12 heavy (non-hydrogen) atoms. The van der Waals surface area contributed by atoms with E-state index >= 15 is 0 Å². The molecule has 0 spiro atoms. The fourth-order valence-electron chi connectivity index (χ4n) is 1.86. The molecular formula is C9H13FN2. The van der Waals surface area contributed by atoms with Crippen LogP contribution in [-0.2, 0) is 6.42 Å². The number of rotatable bonds is 1. The number of hydrogen-bond donors (Lipinski definition) is 0. The van der Waals surface area contributed by atoms with Gasteiger partial charge in [0, 0.05) is 11.9 Å². The summed E-state index contributed by atoms with van der Waals surface area (Å²) >= 11 is 0. The lowest BCUT2D eigenvalue weighted by Gasteiger charge is -2.23. The maximum Gasteiger partial charge on any atom is 0.127 e. The third-order valence-electron chi connectivity index (χ3n) is 2.51.